The molecule has 2 atom stereocenters. The highest BCUT2D eigenvalue weighted by Crippen LogP contribution is 2.43. The molecule has 2 aromatic rings. The number of fused-ring (bicyclic) bond motifs is 1. The van der Waals surface area contributed by atoms with Crippen molar-refractivity contribution in [1.82, 2.24) is 20.1 Å². The number of hydrogen-bond donors (Lipinski definition) is 3. The Kier molecular flexibility index (Phi) is 6.15. The van der Waals surface area contributed by atoms with Crippen molar-refractivity contribution in [2.75, 3.05) is 23.7 Å². The maximum Gasteiger partial charge on any atom is 0.254 e. The Bertz CT molecular complexity index is 1250. The maximum absolute atomic E-state index is 13.4. The van der Waals surface area contributed by atoms with E-state index in [1.165, 1.54) is 17.7 Å². The Morgan fingerprint density at radius 3 is 2.81 bits per heavy atom. The van der Waals surface area contributed by atoms with Crippen LogP contribution in [-0.4, -0.2) is 45.4 Å². The van der Waals surface area contributed by atoms with Crippen molar-refractivity contribution < 1.29 is 9.59 Å². The number of carbonyl (C=O) groups excluding carboxylic acids is 2. The van der Waals surface area contributed by atoms with E-state index in [0.717, 1.165) is 49.2 Å². The molecule has 3 heterocycles. The second-order valence-electron chi connectivity index (χ2n) is 10.7. The molecule has 0 aromatic carbocycles. The lowest BCUT2D eigenvalue weighted by Crippen LogP contribution is -2.29. The first-order chi connectivity index (χ1) is 17.5. The summed E-state index contributed by atoms with van der Waals surface area (Å²) in [6, 6.07) is 0.126. The van der Waals surface area contributed by atoms with Gasteiger partial charge >= 0.3 is 0 Å². The van der Waals surface area contributed by atoms with Gasteiger partial charge in [-0.2, -0.15) is 0 Å². The summed E-state index contributed by atoms with van der Waals surface area (Å²) < 4.78 is 2.10. The third-order valence-electron chi connectivity index (χ3n) is 7.63. The van der Waals surface area contributed by atoms with Gasteiger partial charge in [0, 0.05) is 47.3 Å². The Labute approximate surface area is 214 Å². The molecule has 4 aliphatic rings. The molecule has 10 heteroatoms. The first-order valence-electron chi connectivity index (χ1n) is 13.1. The summed E-state index contributed by atoms with van der Waals surface area (Å²) in [4.78, 5) is 31.7. The smallest absolute Gasteiger partial charge is 0.254 e. The summed E-state index contributed by atoms with van der Waals surface area (Å²) in [6.07, 6.45) is 10.6. The van der Waals surface area contributed by atoms with Gasteiger partial charge in [0.25, 0.3) is 5.91 Å². The van der Waals surface area contributed by atoms with Crippen LogP contribution in [0.1, 0.15) is 72.8 Å². The number of nitrogens with one attached hydrogen (secondary N) is 3. The molecule has 6 rings (SSSR count). The molecule has 0 bridgehead atoms. The normalized spacial score (nSPS) is 23.4. The van der Waals surface area contributed by atoms with Gasteiger partial charge < -0.3 is 16.0 Å². The number of hydrogen-bond acceptors (Lipinski definition) is 7. The summed E-state index contributed by atoms with van der Waals surface area (Å²) in [5.74, 6) is 1.66. The van der Waals surface area contributed by atoms with E-state index in [4.69, 9.17) is 0 Å². The van der Waals surface area contributed by atoms with Crippen molar-refractivity contribution in [3.63, 3.8) is 0 Å². The van der Waals surface area contributed by atoms with Gasteiger partial charge in [-0.15, -0.1) is 21.5 Å². The largest absolute Gasteiger partial charge is 0.352 e. The van der Waals surface area contributed by atoms with Gasteiger partial charge in [-0.1, -0.05) is 6.92 Å². The lowest BCUT2D eigenvalue weighted by molar-refractivity contribution is -0.117. The zero-order chi connectivity index (χ0) is 24.8. The molecule has 1 unspecified atom stereocenters. The molecule has 1 aliphatic heterocycles. The van der Waals surface area contributed by atoms with E-state index < -0.39 is 0 Å². The number of rotatable bonds is 8. The molecule has 0 saturated heterocycles. The fraction of sp³-hybridized carbons (Fsp3) is 0.577. The number of aromatic nitrogens is 3. The van der Waals surface area contributed by atoms with E-state index in [2.05, 4.69) is 48.7 Å². The van der Waals surface area contributed by atoms with Gasteiger partial charge in [0.15, 0.2) is 0 Å². The predicted molar refractivity (Wildman–Crippen MR) is 141 cm³/mol. The van der Waals surface area contributed by atoms with E-state index >= 15 is 0 Å². The molecule has 36 heavy (non-hydrogen) atoms. The molecule has 2 saturated carbocycles. The minimum atomic E-state index is -0.0656. The van der Waals surface area contributed by atoms with Crippen LogP contribution in [0, 0.1) is 17.8 Å². The van der Waals surface area contributed by atoms with Crippen molar-refractivity contribution >= 4 is 39.8 Å². The van der Waals surface area contributed by atoms with Gasteiger partial charge in [-0.05, 0) is 69.4 Å². The summed E-state index contributed by atoms with van der Waals surface area (Å²) in [5, 5.41) is 19.0. The molecule has 190 valence electrons. The van der Waals surface area contributed by atoms with Crippen LogP contribution in [0.15, 0.2) is 23.1 Å². The molecule has 0 radical (unpaired) electrons. The number of anilines is 2. The second-order valence-corrected chi connectivity index (χ2v) is 11.8. The first kappa shape index (κ1) is 23.4. The molecule has 2 aromatic heterocycles. The van der Waals surface area contributed by atoms with Crippen LogP contribution in [0.4, 0.5) is 10.9 Å². The van der Waals surface area contributed by atoms with E-state index in [1.807, 2.05) is 6.92 Å². The number of nitrogens with zero attached hydrogens (tertiary/aromatic N) is 4. The summed E-state index contributed by atoms with van der Waals surface area (Å²) >= 11 is 1.57. The molecule has 2 amide bonds. The molecule has 2 fully saturated rings. The maximum atomic E-state index is 13.4. The lowest BCUT2D eigenvalue weighted by atomic mass is 9.91. The summed E-state index contributed by atoms with van der Waals surface area (Å²) in [6.45, 7) is 5.62. The van der Waals surface area contributed by atoms with Gasteiger partial charge in [0.2, 0.25) is 11.9 Å². The standard InChI is InChI=1S/C26H33N7O2S/c1-14-11-27-15(2)9-20(14)30-26-32-29-13-33(26)18-7-8-21-19(10-18)22(24(35)28-12-16-3-4-16)25(36-21)31-23(34)17-5-6-17/h9,13-14,16-18H,3-8,10-12H2,1-2H3,(H,28,35)(H,30,32)(H,31,34)/t14?,18-/m1/s1. The quantitative estimate of drug-likeness (QED) is 0.501. The van der Waals surface area contributed by atoms with Crippen molar-refractivity contribution in [1.29, 1.82) is 0 Å². The molecule has 0 spiro atoms. The monoisotopic (exact) mass is 507 g/mol. The number of aliphatic imine (C=N–C) groups is 1. The number of allylic oxidation sites excluding steroid dienone is 1. The molecule has 3 aliphatic carbocycles. The highest BCUT2D eigenvalue weighted by molar-refractivity contribution is 7.17. The third-order valence-corrected chi connectivity index (χ3v) is 8.83. The number of thiophene rings is 1. The fourth-order valence-electron chi connectivity index (χ4n) is 5.02. The van der Waals surface area contributed by atoms with Crippen molar-refractivity contribution in [3.8, 4) is 0 Å². The Morgan fingerprint density at radius 2 is 2.03 bits per heavy atom. The zero-order valence-electron chi connectivity index (χ0n) is 20.8. The highest BCUT2D eigenvalue weighted by Gasteiger charge is 2.35. The van der Waals surface area contributed by atoms with Gasteiger partial charge in [-0.3, -0.25) is 19.1 Å². The zero-order valence-corrected chi connectivity index (χ0v) is 21.7. The minimum absolute atomic E-state index is 0.0420. The van der Waals surface area contributed by atoms with E-state index in [0.29, 0.717) is 35.4 Å². The average molecular weight is 508 g/mol. The van der Waals surface area contributed by atoms with Crippen LogP contribution in [-0.2, 0) is 17.6 Å². The SMILES string of the molecule is CC1=NCC(C)C(Nc2nncn2[C@@H]2CCc3sc(NC(=O)C4CC4)c(C(=O)NCC4CC4)c3C2)=C1. The topological polar surface area (TPSA) is 113 Å². The van der Waals surface area contributed by atoms with Crippen LogP contribution < -0.4 is 16.0 Å². The number of dihydropyridines is 1. The van der Waals surface area contributed by atoms with Crippen LogP contribution in [0.3, 0.4) is 0 Å². The number of aryl methyl sites for hydroxylation is 1. The van der Waals surface area contributed by atoms with Gasteiger partial charge in [0.05, 0.1) is 5.56 Å². The summed E-state index contributed by atoms with van der Waals surface area (Å²) in [5.41, 5.74) is 3.81. The van der Waals surface area contributed by atoms with Crippen LogP contribution in [0.25, 0.3) is 0 Å². The van der Waals surface area contributed by atoms with Crippen molar-refractivity contribution in [3.05, 3.63) is 34.1 Å². The van der Waals surface area contributed by atoms with Crippen LogP contribution >= 0.6 is 11.3 Å². The van der Waals surface area contributed by atoms with E-state index in [9.17, 15) is 9.59 Å². The van der Waals surface area contributed by atoms with Gasteiger partial charge in [0.1, 0.15) is 11.3 Å². The fourth-order valence-corrected chi connectivity index (χ4v) is 6.26. The van der Waals surface area contributed by atoms with E-state index in [1.54, 1.807) is 17.7 Å². The van der Waals surface area contributed by atoms with Crippen molar-refractivity contribution in [2.24, 2.45) is 22.7 Å². The Balaban J connectivity index is 1.26. The van der Waals surface area contributed by atoms with E-state index in [-0.39, 0.29) is 29.7 Å². The van der Waals surface area contributed by atoms with Crippen LogP contribution in [0.2, 0.25) is 0 Å². The first-order valence-corrected chi connectivity index (χ1v) is 13.9. The van der Waals surface area contributed by atoms with Gasteiger partial charge in [-0.25, -0.2) is 0 Å². The van der Waals surface area contributed by atoms with Crippen molar-refractivity contribution in [2.45, 2.75) is 64.8 Å². The number of amides is 2. The number of carbonyl (C=O) groups is 2. The minimum Gasteiger partial charge on any atom is -0.352 e. The molecule has 3 N–H and O–H groups in total. The highest BCUT2D eigenvalue weighted by atomic mass is 32.1. The molecular weight excluding hydrogens is 474 g/mol. The summed E-state index contributed by atoms with van der Waals surface area (Å²) in [7, 11) is 0. The molecule has 9 nitrogen and oxygen atoms in total. The third kappa shape index (κ3) is 4.83. The molecular formula is C26H33N7O2S. The Morgan fingerprint density at radius 1 is 1.19 bits per heavy atom. The Hall–Kier alpha value is -3.01. The average Bonchev–Trinajstić information content (AvgIpc) is 3.79. The lowest BCUT2D eigenvalue weighted by Gasteiger charge is -2.26. The predicted octanol–water partition coefficient (Wildman–Crippen LogP) is 3.96. The van der Waals surface area contributed by atoms with Crippen LogP contribution in [0.5, 0.6) is 0 Å². The second kappa shape index (κ2) is 9.46.